The molecule has 3 nitrogen and oxygen atoms in total. The molecule has 0 radical (unpaired) electrons. The molecule has 0 bridgehead atoms. The van der Waals surface area contributed by atoms with Crippen LogP contribution in [-0.2, 0) is 4.79 Å². The van der Waals surface area contributed by atoms with Crippen LogP contribution in [0.1, 0.15) is 21.6 Å². The number of hydrogen-bond acceptors (Lipinski definition) is 3. The van der Waals surface area contributed by atoms with Gasteiger partial charge in [-0.05, 0) is 66.3 Å². The third-order valence-electron chi connectivity index (χ3n) is 3.99. The zero-order valence-electron chi connectivity index (χ0n) is 14.0. The fourth-order valence-corrected chi connectivity index (χ4v) is 3.16. The summed E-state index contributed by atoms with van der Waals surface area (Å²) in [5.74, 6) is 0.616. The number of aryl methyl sites for hydroxylation is 1. The molecule has 0 saturated heterocycles. The van der Waals surface area contributed by atoms with E-state index in [4.69, 9.17) is 4.74 Å². The molecule has 126 valence electrons. The third-order valence-corrected chi connectivity index (χ3v) is 4.89. The Labute approximate surface area is 150 Å². The molecule has 0 spiro atoms. The number of carboxylic acids is 1. The predicted molar refractivity (Wildman–Crippen MR) is 102 cm³/mol. The number of carbonyl (C=O) groups is 1. The molecule has 0 fully saturated rings. The Hall–Kier alpha value is -2.85. The quantitative estimate of drug-likeness (QED) is 0.593. The first kappa shape index (κ1) is 17.0. The summed E-state index contributed by atoms with van der Waals surface area (Å²) in [6.45, 7) is 4.08. The molecular weight excluding hydrogens is 332 g/mol. The van der Waals surface area contributed by atoms with E-state index in [1.165, 1.54) is 16.9 Å². The first-order valence-corrected chi connectivity index (χ1v) is 8.75. The minimum atomic E-state index is -0.932. The first-order chi connectivity index (χ1) is 12.0. The highest BCUT2D eigenvalue weighted by molar-refractivity contribution is 7.11. The van der Waals surface area contributed by atoms with Gasteiger partial charge in [0, 0.05) is 4.88 Å². The first-order valence-electron chi connectivity index (χ1n) is 7.87. The summed E-state index contributed by atoms with van der Waals surface area (Å²) in [6.07, 6.45) is 1.68. The maximum atomic E-state index is 11.5. The van der Waals surface area contributed by atoms with Crippen molar-refractivity contribution in [2.45, 2.75) is 13.8 Å². The number of ether oxygens (including phenoxy) is 1. The van der Waals surface area contributed by atoms with Crippen molar-refractivity contribution in [3.05, 3.63) is 81.5 Å². The summed E-state index contributed by atoms with van der Waals surface area (Å²) in [5, 5.41) is 11.3. The molecule has 4 heteroatoms. The largest absolute Gasteiger partial charge is 0.478 e. The molecule has 2 aromatic carbocycles. The summed E-state index contributed by atoms with van der Waals surface area (Å²) in [7, 11) is 0. The van der Waals surface area contributed by atoms with Crippen LogP contribution in [0.15, 0.2) is 60.0 Å². The van der Waals surface area contributed by atoms with Crippen LogP contribution in [0.3, 0.4) is 0 Å². The second-order valence-corrected chi connectivity index (χ2v) is 6.66. The van der Waals surface area contributed by atoms with Crippen LogP contribution in [0.2, 0.25) is 0 Å². The van der Waals surface area contributed by atoms with E-state index >= 15 is 0 Å². The number of aliphatic carboxylic acids is 1. The second-order valence-electron chi connectivity index (χ2n) is 5.71. The number of hydrogen-bond donors (Lipinski definition) is 1. The Bertz CT molecular complexity index is 907. The van der Waals surface area contributed by atoms with E-state index in [9.17, 15) is 9.90 Å². The molecule has 3 rings (SSSR count). The van der Waals surface area contributed by atoms with Gasteiger partial charge < -0.3 is 9.84 Å². The highest BCUT2D eigenvalue weighted by Crippen LogP contribution is 2.28. The Morgan fingerprint density at radius 3 is 2.44 bits per heavy atom. The summed E-state index contributed by atoms with van der Waals surface area (Å²) in [6, 6.07) is 17.0. The van der Waals surface area contributed by atoms with Crippen LogP contribution in [0.25, 0.3) is 11.6 Å². The van der Waals surface area contributed by atoms with Crippen LogP contribution < -0.4 is 4.74 Å². The zero-order chi connectivity index (χ0) is 17.8. The topological polar surface area (TPSA) is 46.5 Å². The van der Waals surface area contributed by atoms with E-state index in [2.05, 4.69) is 0 Å². The highest BCUT2D eigenvalue weighted by Gasteiger charge is 2.11. The molecule has 1 aromatic heterocycles. The summed E-state index contributed by atoms with van der Waals surface area (Å²) < 4.78 is 5.93. The monoisotopic (exact) mass is 350 g/mol. The predicted octanol–water partition coefficient (Wildman–Crippen LogP) is 5.78. The van der Waals surface area contributed by atoms with E-state index < -0.39 is 5.97 Å². The van der Waals surface area contributed by atoms with Crippen molar-refractivity contribution in [2.75, 3.05) is 0 Å². The van der Waals surface area contributed by atoms with Gasteiger partial charge in [-0.2, -0.15) is 0 Å². The van der Waals surface area contributed by atoms with Crippen LogP contribution in [0, 0.1) is 13.8 Å². The van der Waals surface area contributed by atoms with Crippen molar-refractivity contribution in [3.8, 4) is 11.5 Å². The van der Waals surface area contributed by atoms with Gasteiger partial charge in [-0.15, -0.1) is 11.3 Å². The van der Waals surface area contributed by atoms with Crippen molar-refractivity contribution in [2.24, 2.45) is 0 Å². The smallest absolute Gasteiger partial charge is 0.337 e. The molecule has 0 unspecified atom stereocenters. The SMILES string of the molecule is Cc1cccc(Oc2ccc(/C=C(/C(=O)O)c3cccs3)cc2)c1C. The van der Waals surface area contributed by atoms with Crippen molar-refractivity contribution < 1.29 is 14.6 Å². The molecule has 0 saturated carbocycles. The molecule has 3 aromatic rings. The van der Waals surface area contributed by atoms with Crippen molar-refractivity contribution in [1.82, 2.24) is 0 Å². The Morgan fingerprint density at radius 2 is 1.80 bits per heavy atom. The van der Waals surface area contributed by atoms with Crippen LogP contribution in [0.5, 0.6) is 11.5 Å². The zero-order valence-corrected chi connectivity index (χ0v) is 14.8. The van der Waals surface area contributed by atoms with Gasteiger partial charge in [-0.3, -0.25) is 0 Å². The summed E-state index contributed by atoms with van der Waals surface area (Å²) in [5.41, 5.74) is 3.40. The standard InChI is InChI=1S/C21H18O3S/c1-14-5-3-6-19(15(14)2)24-17-10-8-16(9-11-17)13-18(21(22)23)20-7-4-12-25-20/h3-13H,1-2H3,(H,22,23)/b18-13+. The summed E-state index contributed by atoms with van der Waals surface area (Å²) >= 11 is 1.41. The van der Waals surface area contributed by atoms with Gasteiger partial charge in [0.2, 0.25) is 0 Å². The lowest BCUT2D eigenvalue weighted by molar-refractivity contribution is -0.130. The van der Waals surface area contributed by atoms with Gasteiger partial charge in [-0.1, -0.05) is 30.3 Å². The van der Waals surface area contributed by atoms with Crippen LogP contribution in [-0.4, -0.2) is 11.1 Å². The maximum Gasteiger partial charge on any atom is 0.337 e. The maximum absolute atomic E-state index is 11.5. The molecule has 0 amide bonds. The molecule has 0 atom stereocenters. The Morgan fingerprint density at radius 1 is 1.04 bits per heavy atom. The fourth-order valence-electron chi connectivity index (χ4n) is 2.43. The average molecular weight is 350 g/mol. The molecule has 0 aliphatic rings. The van der Waals surface area contributed by atoms with Gasteiger partial charge in [0.15, 0.2) is 0 Å². The molecule has 1 N–H and O–H groups in total. The Kier molecular flexibility index (Phi) is 5.00. The highest BCUT2D eigenvalue weighted by atomic mass is 32.1. The van der Waals surface area contributed by atoms with Crippen LogP contribution >= 0.6 is 11.3 Å². The number of thiophene rings is 1. The van der Waals surface area contributed by atoms with Gasteiger partial charge in [0.05, 0.1) is 5.57 Å². The van der Waals surface area contributed by atoms with E-state index in [1.807, 2.05) is 73.8 Å². The van der Waals surface area contributed by atoms with Crippen molar-refractivity contribution >= 4 is 29.0 Å². The van der Waals surface area contributed by atoms with E-state index in [1.54, 1.807) is 6.08 Å². The normalized spacial score (nSPS) is 11.4. The van der Waals surface area contributed by atoms with Gasteiger partial charge in [-0.25, -0.2) is 4.79 Å². The summed E-state index contributed by atoms with van der Waals surface area (Å²) in [4.78, 5) is 12.2. The molecule has 0 aliphatic carbocycles. The lowest BCUT2D eigenvalue weighted by atomic mass is 10.1. The number of benzene rings is 2. The number of rotatable bonds is 5. The van der Waals surface area contributed by atoms with Gasteiger partial charge in [0.25, 0.3) is 0 Å². The van der Waals surface area contributed by atoms with E-state index in [0.717, 1.165) is 27.5 Å². The fraction of sp³-hybridized carbons (Fsp3) is 0.0952. The van der Waals surface area contributed by atoms with Crippen LogP contribution in [0.4, 0.5) is 0 Å². The molecular formula is C21H18O3S. The van der Waals surface area contributed by atoms with Gasteiger partial charge in [0.1, 0.15) is 11.5 Å². The molecule has 25 heavy (non-hydrogen) atoms. The number of carboxylic acid groups (broad SMARTS) is 1. The second kappa shape index (κ2) is 7.36. The average Bonchev–Trinajstić information content (AvgIpc) is 3.12. The molecule has 0 aliphatic heterocycles. The lowest BCUT2D eigenvalue weighted by Gasteiger charge is -2.10. The van der Waals surface area contributed by atoms with E-state index in [0.29, 0.717) is 0 Å². The van der Waals surface area contributed by atoms with E-state index in [-0.39, 0.29) is 5.57 Å². The minimum absolute atomic E-state index is 0.290. The van der Waals surface area contributed by atoms with Gasteiger partial charge >= 0.3 is 5.97 Å². The third kappa shape index (κ3) is 3.98. The lowest BCUT2D eigenvalue weighted by Crippen LogP contribution is -1.97. The van der Waals surface area contributed by atoms with Crippen molar-refractivity contribution in [3.63, 3.8) is 0 Å². The minimum Gasteiger partial charge on any atom is -0.478 e. The van der Waals surface area contributed by atoms with Crippen molar-refractivity contribution in [1.29, 1.82) is 0 Å². The molecule has 1 heterocycles. The Balaban J connectivity index is 1.83.